The number of benzene rings is 2. The number of nitro groups is 1. The monoisotopic (exact) mass is 498 g/mol. The number of nitrogens with zero attached hydrogens (tertiary/aromatic N) is 5. The number of methoxy groups -OCH3 is 2. The van der Waals surface area contributed by atoms with Crippen LogP contribution in [0.1, 0.15) is 10.4 Å². The fraction of sp³-hybridized carbons (Fsp3) is 0.182. The molecule has 0 aliphatic carbocycles. The van der Waals surface area contributed by atoms with Crippen LogP contribution in [-0.2, 0) is 0 Å². The van der Waals surface area contributed by atoms with Crippen LogP contribution in [0, 0.1) is 10.1 Å². The second-order valence-corrected chi connectivity index (χ2v) is 7.47. The van der Waals surface area contributed by atoms with E-state index in [9.17, 15) is 14.9 Å². The molecule has 0 bridgehead atoms. The molecule has 0 radical (unpaired) electrons. The molecular formula is C22H19ClN6O6. The van der Waals surface area contributed by atoms with Crippen molar-refractivity contribution < 1.29 is 23.9 Å². The van der Waals surface area contributed by atoms with Crippen LogP contribution in [0.3, 0.4) is 0 Å². The van der Waals surface area contributed by atoms with Crippen LogP contribution in [0.15, 0.2) is 48.5 Å². The summed E-state index contributed by atoms with van der Waals surface area (Å²) >= 11 is 5.78. The zero-order chi connectivity index (χ0) is 24.9. The van der Waals surface area contributed by atoms with Gasteiger partial charge in [-0.2, -0.15) is 4.52 Å². The number of nitro benzene ring substituents is 1. The van der Waals surface area contributed by atoms with E-state index in [1.165, 1.54) is 16.6 Å². The van der Waals surface area contributed by atoms with E-state index in [2.05, 4.69) is 20.6 Å². The molecule has 0 saturated carbocycles. The Labute approximate surface area is 203 Å². The van der Waals surface area contributed by atoms with E-state index in [0.717, 1.165) is 6.07 Å². The Hall–Kier alpha value is -4.45. The van der Waals surface area contributed by atoms with Crippen molar-refractivity contribution in [2.45, 2.75) is 0 Å². The van der Waals surface area contributed by atoms with Crippen molar-refractivity contribution in [1.29, 1.82) is 0 Å². The zero-order valence-corrected chi connectivity index (χ0v) is 19.4. The number of amides is 1. The van der Waals surface area contributed by atoms with Crippen molar-refractivity contribution in [3.8, 4) is 28.8 Å². The molecule has 0 saturated heterocycles. The van der Waals surface area contributed by atoms with E-state index < -0.39 is 10.8 Å². The van der Waals surface area contributed by atoms with Crippen molar-refractivity contribution in [2.24, 2.45) is 0 Å². The number of hydrogen-bond donors (Lipinski definition) is 1. The average Bonchev–Trinajstić information content (AvgIpc) is 3.29. The maximum absolute atomic E-state index is 12.3. The summed E-state index contributed by atoms with van der Waals surface area (Å²) < 4.78 is 17.9. The molecule has 0 aliphatic rings. The van der Waals surface area contributed by atoms with Gasteiger partial charge >= 0.3 is 0 Å². The topological polar surface area (TPSA) is 143 Å². The number of nitrogens with one attached hydrogen (secondary N) is 1. The molecule has 1 amide bonds. The highest BCUT2D eigenvalue weighted by Crippen LogP contribution is 2.32. The van der Waals surface area contributed by atoms with Gasteiger partial charge in [-0.1, -0.05) is 11.6 Å². The predicted octanol–water partition coefficient (Wildman–Crippen LogP) is 3.18. The van der Waals surface area contributed by atoms with Crippen molar-refractivity contribution in [3.05, 3.63) is 69.2 Å². The quantitative estimate of drug-likeness (QED) is 0.209. The Kier molecular flexibility index (Phi) is 6.92. The van der Waals surface area contributed by atoms with Crippen LogP contribution in [-0.4, -0.2) is 58.0 Å². The van der Waals surface area contributed by atoms with Gasteiger partial charge in [0.1, 0.15) is 23.1 Å². The Morgan fingerprint density at radius 2 is 1.94 bits per heavy atom. The number of fused-ring (bicyclic) bond motifs is 1. The van der Waals surface area contributed by atoms with E-state index in [1.807, 2.05) is 0 Å². The van der Waals surface area contributed by atoms with E-state index in [0.29, 0.717) is 28.5 Å². The van der Waals surface area contributed by atoms with Gasteiger partial charge in [0, 0.05) is 17.7 Å². The first-order valence-corrected chi connectivity index (χ1v) is 10.6. The van der Waals surface area contributed by atoms with Gasteiger partial charge in [-0.05, 0) is 36.4 Å². The molecular weight excluding hydrogens is 480 g/mol. The minimum absolute atomic E-state index is 0.0451. The normalized spacial score (nSPS) is 10.7. The minimum atomic E-state index is -0.648. The van der Waals surface area contributed by atoms with Gasteiger partial charge in [0.05, 0.1) is 31.3 Å². The second kappa shape index (κ2) is 10.2. The van der Waals surface area contributed by atoms with Crippen LogP contribution < -0.4 is 19.5 Å². The van der Waals surface area contributed by atoms with Crippen LogP contribution in [0.4, 0.5) is 5.69 Å². The number of ether oxygens (including phenoxy) is 3. The molecule has 4 rings (SSSR count). The molecule has 12 nitrogen and oxygen atoms in total. The lowest BCUT2D eigenvalue weighted by Gasteiger charge is -2.10. The zero-order valence-electron chi connectivity index (χ0n) is 18.6. The van der Waals surface area contributed by atoms with E-state index >= 15 is 0 Å². The van der Waals surface area contributed by atoms with E-state index in [4.69, 9.17) is 25.8 Å². The molecule has 0 unspecified atom stereocenters. The first-order chi connectivity index (χ1) is 16.9. The number of carbonyl (C=O) groups is 1. The number of hydrogen-bond acceptors (Lipinski definition) is 9. The maximum atomic E-state index is 12.3. The molecule has 0 aliphatic heterocycles. The predicted molar refractivity (Wildman–Crippen MR) is 125 cm³/mol. The molecule has 35 heavy (non-hydrogen) atoms. The Bertz CT molecular complexity index is 1410. The summed E-state index contributed by atoms with van der Waals surface area (Å²) in [7, 11) is 3.11. The lowest BCUT2D eigenvalue weighted by atomic mass is 10.2. The molecule has 4 aromatic rings. The number of halogens is 1. The number of aromatic nitrogens is 4. The first-order valence-electron chi connectivity index (χ1n) is 10.2. The van der Waals surface area contributed by atoms with Crippen molar-refractivity contribution in [1.82, 2.24) is 25.1 Å². The molecule has 2 aromatic heterocycles. The third-order valence-electron chi connectivity index (χ3n) is 4.93. The van der Waals surface area contributed by atoms with E-state index in [-0.39, 0.29) is 35.3 Å². The highest BCUT2D eigenvalue weighted by Gasteiger charge is 2.17. The summed E-state index contributed by atoms with van der Waals surface area (Å²) in [6.07, 6.45) is 0. The highest BCUT2D eigenvalue weighted by atomic mass is 35.5. The SMILES string of the molecule is COc1ccc(OC)c(-c2nnc3ccc(OCCNC(=O)c4ccc(Cl)c([N+](=O)[O-])c4)nn23)c1. The molecule has 1 N–H and O–H groups in total. The van der Waals surface area contributed by atoms with Crippen molar-refractivity contribution >= 4 is 28.8 Å². The summed E-state index contributed by atoms with van der Waals surface area (Å²) in [5, 5.41) is 26.4. The Morgan fingerprint density at radius 1 is 1.11 bits per heavy atom. The minimum Gasteiger partial charge on any atom is -0.497 e. The van der Waals surface area contributed by atoms with Crippen LogP contribution in [0.25, 0.3) is 17.0 Å². The Balaban J connectivity index is 1.45. The van der Waals surface area contributed by atoms with Gasteiger partial charge in [-0.25, -0.2) is 0 Å². The summed E-state index contributed by atoms with van der Waals surface area (Å²) in [6.45, 7) is 0.230. The van der Waals surface area contributed by atoms with Crippen LogP contribution >= 0.6 is 11.6 Å². The Morgan fingerprint density at radius 3 is 2.69 bits per heavy atom. The summed E-state index contributed by atoms with van der Waals surface area (Å²) in [4.78, 5) is 22.7. The number of carbonyl (C=O) groups excluding carboxylic acids is 1. The third kappa shape index (κ3) is 5.06. The molecule has 13 heteroatoms. The third-order valence-corrected chi connectivity index (χ3v) is 5.25. The number of rotatable bonds is 9. The molecule has 0 atom stereocenters. The standard InChI is InChI=1S/C22H19ClN6O6/c1-33-14-4-6-18(34-2)15(12-14)21-26-25-19-7-8-20(27-28(19)21)35-10-9-24-22(30)13-3-5-16(23)17(11-13)29(31)32/h3-8,11-12H,9-10H2,1-2H3,(H,24,30). The van der Waals surface area contributed by atoms with Crippen LogP contribution in [0.2, 0.25) is 5.02 Å². The molecule has 2 heterocycles. The largest absolute Gasteiger partial charge is 0.497 e. The van der Waals surface area contributed by atoms with Gasteiger partial charge in [-0.3, -0.25) is 14.9 Å². The molecule has 180 valence electrons. The van der Waals surface area contributed by atoms with E-state index in [1.54, 1.807) is 44.6 Å². The summed E-state index contributed by atoms with van der Waals surface area (Å²) in [6, 6.07) is 12.4. The van der Waals surface area contributed by atoms with Gasteiger partial charge in [0.25, 0.3) is 11.6 Å². The maximum Gasteiger partial charge on any atom is 0.288 e. The highest BCUT2D eigenvalue weighted by molar-refractivity contribution is 6.32. The summed E-state index contributed by atoms with van der Waals surface area (Å²) in [5.74, 6) is 1.39. The lowest BCUT2D eigenvalue weighted by Crippen LogP contribution is -2.28. The smallest absolute Gasteiger partial charge is 0.288 e. The molecule has 2 aromatic carbocycles. The summed E-state index contributed by atoms with van der Waals surface area (Å²) in [5.41, 5.74) is 0.899. The molecule has 0 fully saturated rings. The van der Waals surface area contributed by atoms with Crippen molar-refractivity contribution in [2.75, 3.05) is 27.4 Å². The second-order valence-electron chi connectivity index (χ2n) is 7.06. The van der Waals surface area contributed by atoms with Gasteiger partial charge in [0.2, 0.25) is 5.88 Å². The van der Waals surface area contributed by atoms with Crippen LogP contribution in [0.5, 0.6) is 17.4 Å². The fourth-order valence-electron chi connectivity index (χ4n) is 3.22. The van der Waals surface area contributed by atoms with Gasteiger partial charge in [0.15, 0.2) is 11.5 Å². The average molecular weight is 499 g/mol. The molecule has 0 spiro atoms. The van der Waals surface area contributed by atoms with Crippen molar-refractivity contribution in [3.63, 3.8) is 0 Å². The lowest BCUT2D eigenvalue weighted by molar-refractivity contribution is -0.384. The van der Waals surface area contributed by atoms with Gasteiger partial charge < -0.3 is 19.5 Å². The fourth-order valence-corrected chi connectivity index (χ4v) is 3.41. The first kappa shape index (κ1) is 23.7. The van der Waals surface area contributed by atoms with Gasteiger partial charge in [-0.15, -0.1) is 15.3 Å².